The van der Waals surface area contributed by atoms with Gasteiger partial charge >= 0.3 is 0 Å². The zero-order valence-corrected chi connectivity index (χ0v) is 16.8. The maximum absolute atomic E-state index is 12.7. The summed E-state index contributed by atoms with van der Waals surface area (Å²) in [6.07, 6.45) is 0.131. The van der Waals surface area contributed by atoms with Crippen LogP contribution in [-0.2, 0) is 16.0 Å². The van der Waals surface area contributed by atoms with Gasteiger partial charge in [0.2, 0.25) is 11.8 Å². The lowest BCUT2D eigenvalue weighted by atomic mass is 10.0. The van der Waals surface area contributed by atoms with Crippen molar-refractivity contribution in [3.05, 3.63) is 81.6 Å². The van der Waals surface area contributed by atoms with Crippen molar-refractivity contribution in [3.8, 4) is 0 Å². The lowest BCUT2D eigenvalue weighted by Crippen LogP contribution is -2.43. The molecule has 0 aliphatic carbocycles. The summed E-state index contributed by atoms with van der Waals surface area (Å²) in [4.78, 5) is 39.9. The quantitative estimate of drug-likeness (QED) is 0.603. The third-order valence-corrected chi connectivity index (χ3v) is 4.59. The summed E-state index contributed by atoms with van der Waals surface area (Å²) in [5.41, 5.74) is 2.75. The Hall–Kier alpha value is -3.41. The van der Waals surface area contributed by atoms with Crippen LogP contribution >= 0.6 is 0 Å². The number of rotatable bonds is 6. The molecular formula is C23H25N3O3. The minimum absolute atomic E-state index is 0.0310. The van der Waals surface area contributed by atoms with Gasteiger partial charge in [-0.25, -0.2) is 0 Å². The molecule has 3 rings (SSSR count). The van der Waals surface area contributed by atoms with Crippen molar-refractivity contribution in [1.29, 1.82) is 0 Å². The maximum Gasteiger partial charge on any atom is 0.251 e. The first-order valence-corrected chi connectivity index (χ1v) is 9.60. The number of pyridine rings is 1. The van der Waals surface area contributed by atoms with E-state index in [1.54, 1.807) is 25.1 Å². The van der Waals surface area contributed by atoms with Crippen LogP contribution in [-0.4, -0.2) is 22.8 Å². The number of nitrogens with one attached hydrogen (secondary N) is 3. The molecule has 0 saturated carbocycles. The van der Waals surface area contributed by atoms with E-state index >= 15 is 0 Å². The van der Waals surface area contributed by atoms with Gasteiger partial charge in [0.05, 0.1) is 6.42 Å². The Bertz CT molecular complexity index is 1090. The van der Waals surface area contributed by atoms with E-state index in [9.17, 15) is 14.4 Å². The van der Waals surface area contributed by atoms with Crippen LogP contribution in [0.5, 0.6) is 0 Å². The molecule has 0 spiro atoms. The number of carbonyl (C=O) groups is 2. The van der Waals surface area contributed by atoms with E-state index in [0.29, 0.717) is 5.56 Å². The van der Waals surface area contributed by atoms with Crippen molar-refractivity contribution in [1.82, 2.24) is 15.6 Å². The van der Waals surface area contributed by atoms with Gasteiger partial charge in [-0.05, 0) is 55.5 Å². The molecule has 6 heteroatoms. The molecular weight excluding hydrogens is 366 g/mol. The van der Waals surface area contributed by atoms with Crippen LogP contribution in [0.4, 0.5) is 0 Å². The highest BCUT2D eigenvalue weighted by molar-refractivity contribution is 5.90. The largest absolute Gasteiger partial charge is 0.352 e. The highest BCUT2D eigenvalue weighted by atomic mass is 16.2. The number of aromatic nitrogens is 1. The van der Waals surface area contributed by atoms with E-state index in [4.69, 9.17) is 0 Å². The Morgan fingerprint density at radius 2 is 1.72 bits per heavy atom. The topological polar surface area (TPSA) is 91.1 Å². The van der Waals surface area contributed by atoms with Gasteiger partial charge in [-0.1, -0.05) is 36.4 Å². The summed E-state index contributed by atoms with van der Waals surface area (Å²) >= 11 is 0. The molecule has 0 fully saturated rings. The molecule has 6 nitrogen and oxygen atoms in total. The molecule has 3 aromatic rings. The minimum Gasteiger partial charge on any atom is -0.352 e. The maximum atomic E-state index is 12.7. The molecule has 0 saturated heterocycles. The van der Waals surface area contributed by atoms with E-state index in [0.717, 1.165) is 22.0 Å². The molecule has 29 heavy (non-hydrogen) atoms. The van der Waals surface area contributed by atoms with Gasteiger partial charge < -0.3 is 15.6 Å². The molecule has 1 atom stereocenters. The molecule has 2 amide bonds. The van der Waals surface area contributed by atoms with Gasteiger partial charge in [0.25, 0.3) is 5.56 Å². The van der Waals surface area contributed by atoms with Crippen LogP contribution in [0.15, 0.2) is 59.4 Å². The smallest absolute Gasteiger partial charge is 0.251 e. The van der Waals surface area contributed by atoms with Gasteiger partial charge in [-0.15, -0.1) is 0 Å². The SMILES string of the molecule is Cc1cc2cc(CC(=O)N[C@H](C(=O)NC(C)C)c3ccccc3)ccc2[nH]c1=O. The summed E-state index contributed by atoms with van der Waals surface area (Å²) in [5, 5.41) is 6.57. The lowest BCUT2D eigenvalue weighted by Gasteiger charge is -2.20. The molecule has 2 aromatic carbocycles. The number of H-pyrrole nitrogens is 1. The van der Waals surface area contributed by atoms with Gasteiger partial charge in [-0.2, -0.15) is 0 Å². The van der Waals surface area contributed by atoms with E-state index in [1.165, 1.54) is 0 Å². The second-order valence-corrected chi connectivity index (χ2v) is 7.45. The first kappa shape index (κ1) is 20.3. The number of aromatic amines is 1. The highest BCUT2D eigenvalue weighted by Gasteiger charge is 2.23. The minimum atomic E-state index is -0.759. The van der Waals surface area contributed by atoms with Crippen LogP contribution in [0.25, 0.3) is 10.9 Å². The molecule has 0 aliphatic heterocycles. The Morgan fingerprint density at radius 3 is 2.41 bits per heavy atom. The van der Waals surface area contributed by atoms with Crippen molar-refractivity contribution >= 4 is 22.7 Å². The van der Waals surface area contributed by atoms with Gasteiger partial charge in [0, 0.05) is 17.1 Å². The Kier molecular flexibility index (Phi) is 6.12. The first-order valence-electron chi connectivity index (χ1n) is 9.60. The number of fused-ring (bicyclic) bond motifs is 1. The Morgan fingerprint density at radius 1 is 1.00 bits per heavy atom. The van der Waals surface area contributed by atoms with Crippen molar-refractivity contribution < 1.29 is 9.59 Å². The summed E-state index contributed by atoms with van der Waals surface area (Å²) < 4.78 is 0. The fourth-order valence-electron chi connectivity index (χ4n) is 3.19. The summed E-state index contributed by atoms with van der Waals surface area (Å²) in [6.45, 7) is 5.50. The van der Waals surface area contributed by atoms with Crippen molar-refractivity contribution in [2.24, 2.45) is 0 Å². The third kappa shape index (κ3) is 5.10. The van der Waals surface area contributed by atoms with Crippen molar-refractivity contribution in [2.75, 3.05) is 0 Å². The molecule has 1 heterocycles. The zero-order chi connectivity index (χ0) is 21.0. The second kappa shape index (κ2) is 8.73. The predicted molar refractivity (Wildman–Crippen MR) is 114 cm³/mol. The second-order valence-electron chi connectivity index (χ2n) is 7.45. The van der Waals surface area contributed by atoms with E-state index in [-0.39, 0.29) is 29.8 Å². The van der Waals surface area contributed by atoms with Crippen molar-refractivity contribution in [3.63, 3.8) is 0 Å². The number of amides is 2. The zero-order valence-electron chi connectivity index (χ0n) is 16.8. The summed E-state index contributed by atoms with van der Waals surface area (Å²) in [6, 6.07) is 15.7. The van der Waals surface area contributed by atoms with Crippen LogP contribution in [0, 0.1) is 6.92 Å². The molecule has 0 radical (unpaired) electrons. The number of aryl methyl sites for hydroxylation is 1. The lowest BCUT2D eigenvalue weighted by molar-refractivity contribution is -0.129. The Labute approximate surface area is 169 Å². The molecule has 1 aromatic heterocycles. The normalized spacial score (nSPS) is 12.0. The number of hydrogen-bond donors (Lipinski definition) is 3. The molecule has 3 N–H and O–H groups in total. The van der Waals surface area contributed by atoms with Crippen LogP contribution < -0.4 is 16.2 Å². The Balaban J connectivity index is 1.79. The van der Waals surface area contributed by atoms with Gasteiger partial charge in [0.15, 0.2) is 0 Å². The van der Waals surface area contributed by atoms with E-state index in [1.807, 2.05) is 50.2 Å². The average Bonchev–Trinajstić information content (AvgIpc) is 2.67. The molecule has 0 bridgehead atoms. The summed E-state index contributed by atoms with van der Waals surface area (Å²) in [5.74, 6) is -0.496. The highest BCUT2D eigenvalue weighted by Crippen LogP contribution is 2.16. The van der Waals surface area contributed by atoms with Crippen LogP contribution in [0.1, 0.15) is 36.6 Å². The number of hydrogen-bond acceptors (Lipinski definition) is 3. The third-order valence-electron chi connectivity index (χ3n) is 4.59. The molecule has 150 valence electrons. The summed E-state index contributed by atoms with van der Waals surface area (Å²) in [7, 11) is 0. The van der Waals surface area contributed by atoms with Crippen molar-refractivity contribution in [2.45, 2.75) is 39.3 Å². The van der Waals surface area contributed by atoms with E-state index in [2.05, 4.69) is 15.6 Å². The van der Waals surface area contributed by atoms with Gasteiger partial charge in [0.1, 0.15) is 6.04 Å². The number of carbonyl (C=O) groups excluding carboxylic acids is 2. The first-order chi connectivity index (χ1) is 13.8. The fraction of sp³-hybridized carbons (Fsp3) is 0.261. The molecule has 0 unspecified atom stereocenters. The monoisotopic (exact) mass is 391 g/mol. The van der Waals surface area contributed by atoms with Gasteiger partial charge in [-0.3, -0.25) is 14.4 Å². The molecule has 0 aliphatic rings. The van der Waals surface area contributed by atoms with Crippen LogP contribution in [0.2, 0.25) is 0 Å². The van der Waals surface area contributed by atoms with E-state index < -0.39 is 6.04 Å². The fourth-order valence-corrected chi connectivity index (χ4v) is 3.19. The van der Waals surface area contributed by atoms with Crippen LogP contribution in [0.3, 0.4) is 0 Å². The average molecular weight is 391 g/mol. The predicted octanol–water partition coefficient (Wildman–Crippen LogP) is 2.76. The number of benzene rings is 2. The standard InChI is InChI=1S/C23H25N3O3/c1-14(2)24-23(29)21(17-7-5-4-6-8-17)26-20(27)13-16-9-10-19-18(12-16)11-15(3)22(28)25-19/h4-12,14,21H,13H2,1-3H3,(H,24,29)(H,25,28)(H,26,27)/t21-/m0/s1.